The maximum absolute atomic E-state index is 13.5. The number of nitrogens with one attached hydrogen (secondary N) is 1. The number of carbonyl (C=O) groups excluding carboxylic acids is 1. The number of nitro benzene ring substituents is 1. The van der Waals surface area contributed by atoms with E-state index >= 15 is 0 Å². The van der Waals surface area contributed by atoms with Crippen LogP contribution in [0.1, 0.15) is 13.8 Å². The Bertz CT molecular complexity index is 464. The van der Waals surface area contributed by atoms with Crippen molar-refractivity contribution in [2.75, 3.05) is 11.9 Å². The largest absolute Gasteiger partial charge is 0.464 e. The normalized spacial score (nSPS) is 11.7. The summed E-state index contributed by atoms with van der Waals surface area (Å²) in [5, 5.41) is 13.0. The van der Waals surface area contributed by atoms with Gasteiger partial charge in [-0.05, 0) is 19.9 Å². The summed E-state index contributed by atoms with van der Waals surface area (Å²) in [4.78, 5) is 21.1. The quantitative estimate of drug-likeness (QED) is 0.495. The number of benzene rings is 1. The topological polar surface area (TPSA) is 81.5 Å². The molecule has 0 aliphatic rings. The van der Waals surface area contributed by atoms with Gasteiger partial charge < -0.3 is 10.1 Å². The van der Waals surface area contributed by atoms with Crippen molar-refractivity contribution in [3.8, 4) is 0 Å². The second-order valence-electron chi connectivity index (χ2n) is 3.54. The van der Waals surface area contributed by atoms with E-state index in [9.17, 15) is 19.3 Å². The number of hydrogen-bond acceptors (Lipinski definition) is 5. The highest BCUT2D eigenvalue weighted by Crippen LogP contribution is 2.21. The molecule has 0 amide bonds. The molecule has 1 aromatic rings. The third kappa shape index (κ3) is 3.41. The van der Waals surface area contributed by atoms with Crippen molar-refractivity contribution >= 4 is 17.3 Å². The number of halogens is 1. The first kappa shape index (κ1) is 13.9. The molecule has 0 aliphatic carbocycles. The fourth-order valence-electron chi connectivity index (χ4n) is 1.29. The lowest BCUT2D eigenvalue weighted by molar-refractivity contribution is -0.385. The highest BCUT2D eigenvalue weighted by Gasteiger charge is 2.17. The van der Waals surface area contributed by atoms with E-state index < -0.39 is 22.8 Å². The molecular formula is C11H13FN2O4. The summed E-state index contributed by atoms with van der Waals surface area (Å²) < 4.78 is 18.2. The number of hydrogen-bond donors (Lipinski definition) is 1. The van der Waals surface area contributed by atoms with Crippen LogP contribution in [0, 0.1) is 15.9 Å². The predicted molar refractivity (Wildman–Crippen MR) is 62.8 cm³/mol. The lowest BCUT2D eigenvalue weighted by atomic mass is 10.2. The summed E-state index contributed by atoms with van der Waals surface area (Å²) in [6.45, 7) is 3.41. The van der Waals surface area contributed by atoms with Gasteiger partial charge in [0, 0.05) is 6.07 Å². The molecule has 0 spiro atoms. The Hall–Kier alpha value is -2.18. The molecule has 1 atom stereocenters. The first-order valence-electron chi connectivity index (χ1n) is 5.32. The van der Waals surface area contributed by atoms with Gasteiger partial charge in [0.1, 0.15) is 6.04 Å². The molecule has 0 fully saturated rings. The fourth-order valence-corrected chi connectivity index (χ4v) is 1.29. The summed E-state index contributed by atoms with van der Waals surface area (Å²) >= 11 is 0. The number of non-ortho nitro benzene ring substituents is 1. The van der Waals surface area contributed by atoms with E-state index in [1.165, 1.54) is 13.0 Å². The van der Waals surface area contributed by atoms with Gasteiger partial charge in [-0.2, -0.15) is 0 Å². The molecule has 0 heterocycles. The van der Waals surface area contributed by atoms with Gasteiger partial charge in [0.15, 0.2) is 5.82 Å². The van der Waals surface area contributed by atoms with Crippen molar-refractivity contribution in [3.63, 3.8) is 0 Å². The van der Waals surface area contributed by atoms with Gasteiger partial charge in [-0.3, -0.25) is 10.1 Å². The van der Waals surface area contributed by atoms with E-state index in [0.29, 0.717) is 0 Å². The van der Waals surface area contributed by atoms with Crippen molar-refractivity contribution in [3.05, 3.63) is 34.1 Å². The molecule has 0 aliphatic heterocycles. The number of esters is 1. The zero-order valence-corrected chi connectivity index (χ0v) is 9.97. The van der Waals surface area contributed by atoms with E-state index in [0.717, 1.165) is 12.1 Å². The molecule has 0 bridgehead atoms. The molecule has 0 saturated heterocycles. The van der Waals surface area contributed by atoms with Crippen molar-refractivity contribution < 1.29 is 18.8 Å². The molecule has 1 N–H and O–H groups in total. The maximum atomic E-state index is 13.5. The standard InChI is InChI=1S/C11H13FN2O4/c1-3-18-11(15)7(2)13-10-5-4-8(14(16)17)6-9(10)12/h4-7,13H,3H2,1-2H3. The first-order chi connectivity index (χ1) is 8.45. The molecule has 0 aromatic heterocycles. The molecule has 1 aromatic carbocycles. The van der Waals surface area contributed by atoms with Crippen LogP contribution < -0.4 is 5.32 Å². The SMILES string of the molecule is CCOC(=O)C(C)Nc1ccc([N+](=O)[O-])cc1F. The van der Waals surface area contributed by atoms with E-state index in [4.69, 9.17) is 4.74 Å². The smallest absolute Gasteiger partial charge is 0.328 e. The Labute approximate surface area is 103 Å². The van der Waals surface area contributed by atoms with Crippen LogP contribution in [-0.4, -0.2) is 23.5 Å². The summed E-state index contributed by atoms with van der Waals surface area (Å²) in [7, 11) is 0. The number of nitrogens with zero attached hydrogens (tertiary/aromatic N) is 1. The maximum Gasteiger partial charge on any atom is 0.328 e. The average Bonchev–Trinajstić information content (AvgIpc) is 2.31. The Kier molecular flexibility index (Phi) is 4.59. The van der Waals surface area contributed by atoms with Gasteiger partial charge >= 0.3 is 5.97 Å². The van der Waals surface area contributed by atoms with Gasteiger partial charge in [-0.15, -0.1) is 0 Å². The van der Waals surface area contributed by atoms with Crippen LogP contribution in [-0.2, 0) is 9.53 Å². The van der Waals surface area contributed by atoms with Crippen molar-refractivity contribution in [1.82, 2.24) is 0 Å². The molecule has 1 unspecified atom stereocenters. The Morgan fingerprint density at radius 1 is 1.61 bits per heavy atom. The van der Waals surface area contributed by atoms with Gasteiger partial charge in [0.2, 0.25) is 0 Å². The molecule has 0 saturated carbocycles. The second-order valence-corrected chi connectivity index (χ2v) is 3.54. The lowest BCUT2D eigenvalue weighted by Gasteiger charge is -2.14. The number of ether oxygens (including phenoxy) is 1. The molecule has 1 rings (SSSR count). The summed E-state index contributed by atoms with van der Waals surface area (Å²) in [5.41, 5.74) is -0.331. The zero-order valence-electron chi connectivity index (χ0n) is 9.97. The van der Waals surface area contributed by atoms with Crippen LogP contribution in [0.3, 0.4) is 0 Å². The van der Waals surface area contributed by atoms with Crippen LogP contribution in [0.4, 0.5) is 15.8 Å². The lowest BCUT2D eigenvalue weighted by Crippen LogP contribution is -2.28. The van der Waals surface area contributed by atoms with Crippen molar-refractivity contribution in [1.29, 1.82) is 0 Å². The number of rotatable bonds is 5. The number of anilines is 1. The van der Waals surface area contributed by atoms with Gasteiger partial charge in [-0.25, -0.2) is 9.18 Å². The van der Waals surface area contributed by atoms with E-state index in [2.05, 4.69) is 5.32 Å². The fraction of sp³-hybridized carbons (Fsp3) is 0.364. The minimum Gasteiger partial charge on any atom is -0.464 e. The molecule has 98 valence electrons. The Morgan fingerprint density at radius 3 is 2.78 bits per heavy atom. The average molecular weight is 256 g/mol. The number of carbonyl (C=O) groups is 1. The third-order valence-corrected chi connectivity index (χ3v) is 2.18. The minimum absolute atomic E-state index is 0.0150. The van der Waals surface area contributed by atoms with Gasteiger partial charge in [-0.1, -0.05) is 0 Å². The summed E-state index contributed by atoms with van der Waals surface area (Å²) in [6.07, 6.45) is 0. The minimum atomic E-state index is -0.791. The highest BCUT2D eigenvalue weighted by atomic mass is 19.1. The van der Waals surface area contributed by atoms with Crippen LogP contribution in [0.25, 0.3) is 0 Å². The highest BCUT2D eigenvalue weighted by molar-refractivity contribution is 5.78. The third-order valence-electron chi connectivity index (χ3n) is 2.18. The monoisotopic (exact) mass is 256 g/mol. The van der Waals surface area contributed by atoms with Gasteiger partial charge in [0.25, 0.3) is 5.69 Å². The van der Waals surface area contributed by atoms with Crippen molar-refractivity contribution in [2.24, 2.45) is 0 Å². The Morgan fingerprint density at radius 2 is 2.28 bits per heavy atom. The van der Waals surface area contributed by atoms with E-state index in [1.54, 1.807) is 6.92 Å². The summed E-state index contributed by atoms with van der Waals surface area (Å²) in [5.74, 6) is -1.31. The summed E-state index contributed by atoms with van der Waals surface area (Å²) in [6, 6.07) is 2.42. The first-order valence-corrected chi connectivity index (χ1v) is 5.32. The van der Waals surface area contributed by atoms with Crippen LogP contribution >= 0.6 is 0 Å². The zero-order chi connectivity index (χ0) is 13.7. The predicted octanol–water partition coefficient (Wildman–Crippen LogP) is 2.10. The molecule has 7 heteroatoms. The number of nitro groups is 1. The molecule has 18 heavy (non-hydrogen) atoms. The van der Waals surface area contributed by atoms with Crippen LogP contribution in [0.5, 0.6) is 0 Å². The molecule has 0 radical (unpaired) electrons. The Balaban J connectivity index is 2.79. The van der Waals surface area contributed by atoms with Crippen molar-refractivity contribution in [2.45, 2.75) is 19.9 Å². The van der Waals surface area contributed by atoms with Crippen LogP contribution in [0.15, 0.2) is 18.2 Å². The second kappa shape index (κ2) is 5.95. The molecule has 6 nitrogen and oxygen atoms in total. The van der Waals surface area contributed by atoms with Gasteiger partial charge in [0.05, 0.1) is 23.3 Å². The van der Waals surface area contributed by atoms with E-state index in [-0.39, 0.29) is 18.0 Å². The van der Waals surface area contributed by atoms with E-state index in [1.807, 2.05) is 0 Å². The van der Waals surface area contributed by atoms with Crippen LogP contribution in [0.2, 0.25) is 0 Å². The molecular weight excluding hydrogens is 243 g/mol.